The number of hydrogen-bond donors (Lipinski definition) is 3. The highest BCUT2D eigenvalue weighted by atomic mass is 19.3. The van der Waals surface area contributed by atoms with Gasteiger partial charge >= 0.3 is 12.3 Å². The van der Waals surface area contributed by atoms with Crippen LogP contribution >= 0.6 is 0 Å². The number of nitro groups is 1. The summed E-state index contributed by atoms with van der Waals surface area (Å²) in [5.41, 5.74) is 6.33. The maximum atomic E-state index is 12.2. The first kappa shape index (κ1) is 22.6. The van der Waals surface area contributed by atoms with Crippen molar-refractivity contribution in [3.05, 3.63) is 46.1 Å². The lowest BCUT2D eigenvalue weighted by Gasteiger charge is -2.27. The highest BCUT2D eigenvalue weighted by Crippen LogP contribution is 2.29. The fourth-order valence-electron chi connectivity index (χ4n) is 3.61. The van der Waals surface area contributed by atoms with Gasteiger partial charge in [0, 0.05) is 13.1 Å². The highest BCUT2D eigenvalue weighted by molar-refractivity contribution is 5.57. The van der Waals surface area contributed by atoms with Gasteiger partial charge in [0.15, 0.2) is 0 Å². The lowest BCUT2D eigenvalue weighted by molar-refractivity contribution is -0.384. The number of alkyl halides is 2. The first-order chi connectivity index (χ1) is 14.9. The number of rotatable bonds is 10. The summed E-state index contributed by atoms with van der Waals surface area (Å²) >= 11 is 0. The van der Waals surface area contributed by atoms with Gasteiger partial charge in [-0.3, -0.25) is 10.1 Å². The fourth-order valence-corrected chi connectivity index (χ4v) is 3.61. The highest BCUT2D eigenvalue weighted by Gasteiger charge is 2.22. The van der Waals surface area contributed by atoms with Crippen molar-refractivity contribution in [3.8, 4) is 5.75 Å². The van der Waals surface area contributed by atoms with Crippen molar-refractivity contribution in [2.45, 2.75) is 38.8 Å². The van der Waals surface area contributed by atoms with Gasteiger partial charge in [0.05, 0.1) is 4.92 Å². The van der Waals surface area contributed by atoms with Gasteiger partial charge in [0.1, 0.15) is 11.9 Å². The predicted molar refractivity (Wildman–Crippen MR) is 112 cm³/mol. The summed E-state index contributed by atoms with van der Waals surface area (Å²) < 4.78 is 28.8. The van der Waals surface area contributed by atoms with Gasteiger partial charge in [-0.1, -0.05) is 12.1 Å². The van der Waals surface area contributed by atoms with Crippen LogP contribution in [0.3, 0.4) is 0 Å². The van der Waals surface area contributed by atoms with Crippen LogP contribution in [0.15, 0.2) is 30.5 Å². The molecule has 1 aromatic heterocycles. The third-order valence-electron chi connectivity index (χ3n) is 5.42. The van der Waals surface area contributed by atoms with Crippen LogP contribution in [-0.2, 0) is 6.54 Å². The van der Waals surface area contributed by atoms with Crippen molar-refractivity contribution in [1.29, 1.82) is 0 Å². The number of nitrogens with two attached hydrogens (primary N) is 1. The molecule has 1 aromatic carbocycles. The number of aromatic nitrogens is 2. The monoisotopic (exact) mass is 436 g/mol. The number of nitrogens with one attached hydrogen (secondary N) is 2. The van der Waals surface area contributed by atoms with Crippen molar-refractivity contribution in [2.24, 2.45) is 17.6 Å². The topological polar surface area (TPSA) is 128 Å². The van der Waals surface area contributed by atoms with Gasteiger partial charge in [-0.25, -0.2) is 4.98 Å². The van der Waals surface area contributed by atoms with E-state index >= 15 is 0 Å². The first-order valence-corrected chi connectivity index (χ1v) is 10.2. The second kappa shape index (κ2) is 10.8. The summed E-state index contributed by atoms with van der Waals surface area (Å²) in [6.07, 6.45) is 5.38. The quantitative estimate of drug-likeness (QED) is 0.379. The van der Waals surface area contributed by atoms with Crippen molar-refractivity contribution >= 4 is 17.5 Å². The second-order valence-electron chi connectivity index (χ2n) is 7.56. The van der Waals surface area contributed by atoms with Gasteiger partial charge < -0.3 is 21.1 Å². The molecule has 0 bridgehead atoms. The molecule has 31 heavy (non-hydrogen) atoms. The molecule has 0 aliphatic heterocycles. The van der Waals surface area contributed by atoms with Crippen LogP contribution in [0.2, 0.25) is 0 Å². The van der Waals surface area contributed by atoms with Crippen LogP contribution in [0, 0.1) is 22.0 Å². The maximum Gasteiger partial charge on any atom is 0.387 e. The van der Waals surface area contributed by atoms with E-state index in [1.165, 1.54) is 18.3 Å². The predicted octanol–water partition coefficient (Wildman–Crippen LogP) is 3.78. The van der Waals surface area contributed by atoms with Crippen LogP contribution in [-0.4, -0.2) is 34.6 Å². The zero-order chi connectivity index (χ0) is 22.2. The Morgan fingerprint density at radius 1 is 1.16 bits per heavy atom. The number of halogens is 2. The van der Waals surface area contributed by atoms with Crippen molar-refractivity contribution in [1.82, 2.24) is 9.97 Å². The standard InChI is InChI=1S/C20H26F2N6O3/c21-19(22)31-16-7-5-15(6-8-16)11-25-20-26-12-17(28(29)30)18(27-20)24-10-14-3-1-13(9-23)2-4-14/h5-8,12-14,19H,1-4,9-11,23H2,(H2,24,25,26,27). The Morgan fingerprint density at radius 3 is 2.45 bits per heavy atom. The third kappa shape index (κ3) is 6.71. The molecule has 1 aliphatic rings. The fraction of sp³-hybridized carbons (Fsp3) is 0.500. The lowest BCUT2D eigenvalue weighted by atomic mass is 9.82. The minimum atomic E-state index is -2.88. The molecule has 0 spiro atoms. The normalized spacial score (nSPS) is 18.6. The van der Waals surface area contributed by atoms with Gasteiger partial charge in [-0.15, -0.1) is 0 Å². The lowest BCUT2D eigenvalue weighted by Crippen LogP contribution is -2.25. The molecule has 0 unspecified atom stereocenters. The van der Waals surface area contributed by atoms with E-state index in [1.54, 1.807) is 12.1 Å². The number of nitrogens with zero attached hydrogens (tertiary/aromatic N) is 3. The Balaban J connectivity index is 1.59. The SMILES string of the molecule is NCC1CCC(CNc2nc(NCc3ccc(OC(F)F)cc3)ncc2[N+](=O)[O-])CC1. The Kier molecular flexibility index (Phi) is 7.88. The molecule has 1 saturated carbocycles. The molecule has 9 nitrogen and oxygen atoms in total. The second-order valence-corrected chi connectivity index (χ2v) is 7.56. The van der Waals surface area contributed by atoms with Crippen molar-refractivity contribution in [2.75, 3.05) is 23.7 Å². The molecule has 2 aromatic rings. The largest absolute Gasteiger partial charge is 0.435 e. The molecule has 0 radical (unpaired) electrons. The van der Waals surface area contributed by atoms with Gasteiger partial charge in [-0.2, -0.15) is 13.8 Å². The summed E-state index contributed by atoms with van der Waals surface area (Å²) in [7, 11) is 0. The third-order valence-corrected chi connectivity index (χ3v) is 5.42. The van der Waals surface area contributed by atoms with E-state index in [9.17, 15) is 18.9 Å². The molecule has 1 aliphatic carbocycles. The van der Waals surface area contributed by atoms with Crippen LogP contribution < -0.4 is 21.1 Å². The average Bonchev–Trinajstić information content (AvgIpc) is 2.77. The summed E-state index contributed by atoms with van der Waals surface area (Å²) in [5, 5.41) is 17.4. The number of hydrogen-bond acceptors (Lipinski definition) is 8. The van der Waals surface area contributed by atoms with Crippen molar-refractivity contribution in [3.63, 3.8) is 0 Å². The molecular formula is C20H26F2N6O3. The Morgan fingerprint density at radius 2 is 1.84 bits per heavy atom. The Hall–Kier alpha value is -3.08. The summed E-state index contributed by atoms with van der Waals surface area (Å²) in [6.45, 7) is -1.26. The summed E-state index contributed by atoms with van der Waals surface area (Å²) in [5.74, 6) is 1.45. The van der Waals surface area contributed by atoms with E-state index in [2.05, 4.69) is 25.3 Å². The smallest absolute Gasteiger partial charge is 0.387 e. The van der Waals surface area contributed by atoms with Crippen LogP contribution in [0.4, 0.5) is 26.2 Å². The molecule has 168 valence electrons. The van der Waals surface area contributed by atoms with Gasteiger partial charge in [-0.05, 0) is 61.8 Å². The van der Waals surface area contributed by atoms with Crippen LogP contribution in [0.5, 0.6) is 5.75 Å². The average molecular weight is 436 g/mol. The van der Waals surface area contributed by atoms with Gasteiger partial charge in [0.25, 0.3) is 0 Å². The van der Waals surface area contributed by atoms with Crippen LogP contribution in [0.1, 0.15) is 31.2 Å². The zero-order valence-corrected chi connectivity index (χ0v) is 17.0. The molecule has 4 N–H and O–H groups in total. The molecule has 0 atom stereocenters. The van der Waals surface area contributed by atoms with E-state index in [4.69, 9.17) is 5.73 Å². The van der Waals surface area contributed by atoms with Gasteiger partial charge in [0.2, 0.25) is 11.8 Å². The number of anilines is 2. The van der Waals surface area contributed by atoms with Crippen LogP contribution in [0.25, 0.3) is 0 Å². The zero-order valence-electron chi connectivity index (χ0n) is 17.0. The molecule has 11 heteroatoms. The first-order valence-electron chi connectivity index (χ1n) is 10.2. The summed E-state index contributed by atoms with van der Waals surface area (Å²) in [4.78, 5) is 19.1. The molecule has 3 rings (SSSR count). The molecule has 1 fully saturated rings. The molecular weight excluding hydrogens is 410 g/mol. The minimum Gasteiger partial charge on any atom is -0.435 e. The molecule has 0 amide bonds. The van der Waals surface area contributed by atoms with E-state index in [0.717, 1.165) is 31.2 Å². The van der Waals surface area contributed by atoms with E-state index < -0.39 is 11.5 Å². The number of ether oxygens (including phenoxy) is 1. The number of benzene rings is 1. The van der Waals surface area contributed by atoms with E-state index in [1.807, 2.05) is 0 Å². The van der Waals surface area contributed by atoms with Crippen molar-refractivity contribution < 1.29 is 18.4 Å². The van der Waals surface area contributed by atoms with E-state index in [-0.39, 0.29) is 23.2 Å². The van der Waals surface area contributed by atoms with E-state index in [0.29, 0.717) is 31.5 Å². The maximum absolute atomic E-state index is 12.2. The Labute approximate surface area is 178 Å². The summed E-state index contributed by atoms with van der Waals surface area (Å²) in [6, 6.07) is 6.14. The Bertz CT molecular complexity index is 860. The minimum absolute atomic E-state index is 0.0670. The molecule has 0 saturated heterocycles. The molecule has 1 heterocycles.